The van der Waals surface area contributed by atoms with Gasteiger partial charge in [0.25, 0.3) is 0 Å². The summed E-state index contributed by atoms with van der Waals surface area (Å²) >= 11 is 1.58. The maximum atomic E-state index is 13.6. The highest BCUT2D eigenvalue weighted by atomic mass is 32.2. The molecule has 206 valence electrons. The predicted octanol–water partition coefficient (Wildman–Crippen LogP) is 5.97. The van der Waals surface area contributed by atoms with Gasteiger partial charge in [0.05, 0.1) is 12.0 Å². The topological polar surface area (TPSA) is 80.8 Å². The Morgan fingerprint density at radius 2 is 1.62 bits per heavy atom. The van der Waals surface area contributed by atoms with Crippen molar-refractivity contribution in [2.24, 2.45) is 0 Å². The van der Waals surface area contributed by atoms with Crippen LogP contribution in [0.25, 0.3) is 0 Å². The van der Waals surface area contributed by atoms with Crippen LogP contribution in [0, 0.1) is 6.92 Å². The van der Waals surface area contributed by atoms with Crippen LogP contribution >= 0.6 is 11.3 Å². The number of ether oxygens (including phenoxy) is 1. The van der Waals surface area contributed by atoms with Crippen molar-refractivity contribution >= 4 is 32.9 Å². The lowest BCUT2D eigenvalue weighted by atomic mass is 9.90. The van der Waals surface area contributed by atoms with E-state index in [9.17, 15) is 18.0 Å². The second-order valence-corrected chi connectivity index (χ2v) is 13.6. The molecule has 0 N–H and O–H groups in total. The van der Waals surface area contributed by atoms with Gasteiger partial charge in [-0.25, -0.2) is 8.42 Å². The Balaban J connectivity index is 1.42. The van der Waals surface area contributed by atoms with Crippen LogP contribution in [0.15, 0.2) is 47.4 Å². The standard InChI is InChI=1S/C31H35NO5S2/c1-21-10-13-23(19-30(21)39(35,36)32-16-6-3-7-17-32)26(33)20-29-31(25-8-4-5-9-28(25)38-29)27(34)18-22-11-14-24(37-2)15-12-22/h10-15,19H,3-9,16-18,20H2,1-2H3. The summed E-state index contributed by atoms with van der Waals surface area (Å²) in [6, 6.07) is 12.5. The molecule has 2 aromatic carbocycles. The monoisotopic (exact) mass is 565 g/mol. The van der Waals surface area contributed by atoms with Crippen molar-refractivity contribution in [1.29, 1.82) is 0 Å². The normalized spacial score (nSPS) is 16.1. The molecule has 2 aliphatic rings. The van der Waals surface area contributed by atoms with Gasteiger partial charge in [0.15, 0.2) is 11.6 Å². The van der Waals surface area contributed by atoms with Gasteiger partial charge in [-0.1, -0.05) is 30.7 Å². The van der Waals surface area contributed by atoms with Crippen LogP contribution < -0.4 is 4.74 Å². The SMILES string of the molecule is COc1ccc(CC(=O)c2c(CC(=O)c3ccc(C)c(S(=O)(=O)N4CCCCC4)c3)sc3c2CCCC3)cc1. The number of ketones is 2. The zero-order valence-corrected chi connectivity index (χ0v) is 24.3. The van der Waals surface area contributed by atoms with Gasteiger partial charge < -0.3 is 4.74 Å². The molecule has 6 nitrogen and oxygen atoms in total. The van der Waals surface area contributed by atoms with E-state index in [0.29, 0.717) is 29.8 Å². The number of rotatable bonds is 9. The summed E-state index contributed by atoms with van der Waals surface area (Å²) in [6.45, 7) is 2.80. The van der Waals surface area contributed by atoms with Crippen molar-refractivity contribution < 1.29 is 22.7 Å². The Hall–Kier alpha value is -2.81. The van der Waals surface area contributed by atoms with E-state index in [-0.39, 0.29) is 29.3 Å². The fourth-order valence-corrected chi connectivity index (χ4v) is 8.81. The summed E-state index contributed by atoms with van der Waals surface area (Å²) < 4.78 is 33.6. The molecule has 1 aromatic heterocycles. The second-order valence-electron chi connectivity index (χ2n) is 10.5. The Morgan fingerprint density at radius 3 is 2.33 bits per heavy atom. The number of fused-ring (bicyclic) bond motifs is 1. The number of carbonyl (C=O) groups is 2. The lowest BCUT2D eigenvalue weighted by molar-refractivity contribution is 0.0989. The molecule has 1 aliphatic carbocycles. The van der Waals surface area contributed by atoms with E-state index in [1.54, 1.807) is 37.5 Å². The fraction of sp³-hybridized carbons (Fsp3) is 0.419. The predicted molar refractivity (Wildman–Crippen MR) is 154 cm³/mol. The van der Waals surface area contributed by atoms with Gasteiger partial charge in [0.1, 0.15) is 5.75 Å². The third-order valence-electron chi connectivity index (χ3n) is 7.81. The minimum atomic E-state index is -3.66. The number of piperidine rings is 1. The van der Waals surface area contributed by atoms with Crippen molar-refractivity contribution in [3.05, 3.63) is 80.0 Å². The van der Waals surface area contributed by atoms with Crippen LogP contribution in [0.5, 0.6) is 5.75 Å². The summed E-state index contributed by atoms with van der Waals surface area (Å²) in [5.41, 5.74) is 3.71. The largest absolute Gasteiger partial charge is 0.497 e. The molecule has 39 heavy (non-hydrogen) atoms. The number of benzene rings is 2. The molecule has 8 heteroatoms. The van der Waals surface area contributed by atoms with Crippen LogP contribution in [-0.2, 0) is 35.7 Å². The van der Waals surface area contributed by atoms with E-state index in [4.69, 9.17) is 4.74 Å². The van der Waals surface area contributed by atoms with Crippen LogP contribution in [-0.4, -0.2) is 44.5 Å². The number of hydrogen-bond acceptors (Lipinski definition) is 6. The first-order valence-electron chi connectivity index (χ1n) is 13.7. The molecule has 0 amide bonds. The van der Waals surface area contributed by atoms with Crippen LogP contribution in [0.3, 0.4) is 0 Å². The molecule has 0 atom stereocenters. The number of Topliss-reactive ketones (excluding diaryl/α,β-unsaturated/α-hetero) is 2. The Morgan fingerprint density at radius 1 is 0.897 bits per heavy atom. The molecule has 5 rings (SSSR count). The van der Waals surface area contributed by atoms with Crippen molar-refractivity contribution in [3.63, 3.8) is 0 Å². The van der Waals surface area contributed by atoms with E-state index in [2.05, 4.69) is 0 Å². The molecule has 2 heterocycles. The zero-order chi connectivity index (χ0) is 27.6. The van der Waals surface area contributed by atoms with Gasteiger partial charge in [-0.15, -0.1) is 11.3 Å². The van der Waals surface area contributed by atoms with Crippen LogP contribution in [0.4, 0.5) is 0 Å². The quantitative estimate of drug-likeness (QED) is 0.299. The fourth-order valence-electron chi connectivity index (χ4n) is 5.63. The molecular weight excluding hydrogens is 530 g/mol. The maximum absolute atomic E-state index is 13.6. The number of aryl methyl sites for hydroxylation is 2. The number of hydrogen-bond donors (Lipinski definition) is 0. The highest BCUT2D eigenvalue weighted by Gasteiger charge is 2.30. The molecule has 1 aliphatic heterocycles. The highest BCUT2D eigenvalue weighted by Crippen LogP contribution is 2.36. The average Bonchev–Trinajstić information content (AvgIpc) is 3.32. The van der Waals surface area contributed by atoms with Crippen molar-refractivity contribution in [3.8, 4) is 5.75 Å². The molecule has 1 fully saturated rings. The summed E-state index contributed by atoms with van der Waals surface area (Å²) in [6.07, 6.45) is 7.00. The van der Waals surface area contributed by atoms with Crippen LogP contribution in [0.1, 0.15) is 79.3 Å². The first-order valence-corrected chi connectivity index (χ1v) is 16.0. The molecule has 3 aromatic rings. The van der Waals surface area contributed by atoms with E-state index < -0.39 is 10.0 Å². The zero-order valence-electron chi connectivity index (χ0n) is 22.6. The van der Waals surface area contributed by atoms with Gasteiger partial charge >= 0.3 is 0 Å². The number of carbonyl (C=O) groups excluding carboxylic acids is 2. The third-order valence-corrected chi connectivity index (χ3v) is 11.1. The van der Waals surface area contributed by atoms with Gasteiger partial charge in [0, 0.05) is 46.8 Å². The van der Waals surface area contributed by atoms with Gasteiger partial charge in [-0.3, -0.25) is 9.59 Å². The summed E-state index contributed by atoms with van der Waals surface area (Å²) in [5.74, 6) is 0.604. The summed E-state index contributed by atoms with van der Waals surface area (Å²) in [7, 11) is -2.05. The molecule has 1 saturated heterocycles. The Kier molecular flexibility index (Phi) is 8.35. The Labute approximate surface area is 235 Å². The summed E-state index contributed by atoms with van der Waals surface area (Å²) in [5, 5.41) is 0. The third kappa shape index (κ3) is 5.88. The molecule has 0 unspecified atom stereocenters. The van der Waals surface area contributed by atoms with Crippen molar-refractivity contribution in [2.75, 3.05) is 20.2 Å². The van der Waals surface area contributed by atoms with Crippen molar-refractivity contribution in [1.82, 2.24) is 4.31 Å². The molecule has 0 bridgehead atoms. The van der Waals surface area contributed by atoms with Crippen LogP contribution in [0.2, 0.25) is 0 Å². The number of nitrogens with zero attached hydrogens (tertiary/aromatic N) is 1. The number of thiophene rings is 1. The molecule has 0 spiro atoms. The van der Waals surface area contributed by atoms with E-state index in [0.717, 1.165) is 66.7 Å². The van der Waals surface area contributed by atoms with Gasteiger partial charge in [-0.2, -0.15) is 4.31 Å². The summed E-state index contributed by atoms with van der Waals surface area (Å²) in [4.78, 5) is 29.4. The second kappa shape index (κ2) is 11.7. The first-order chi connectivity index (χ1) is 18.8. The highest BCUT2D eigenvalue weighted by molar-refractivity contribution is 7.89. The smallest absolute Gasteiger partial charge is 0.243 e. The van der Waals surface area contributed by atoms with Gasteiger partial charge in [-0.05, 0) is 80.3 Å². The average molecular weight is 566 g/mol. The minimum absolute atomic E-state index is 0.0274. The molecule has 0 saturated carbocycles. The number of methoxy groups -OCH3 is 1. The molecular formula is C31H35NO5S2. The Bertz CT molecular complexity index is 1480. The van der Waals surface area contributed by atoms with E-state index in [1.165, 1.54) is 15.2 Å². The first kappa shape index (κ1) is 27.7. The lowest BCUT2D eigenvalue weighted by Crippen LogP contribution is -2.36. The maximum Gasteiger partial charge on any atom is 0.243 e. The van der Waals surface area contributed by atoms with E-state index in [1.807, 2.05) is 24.3 Å². The number of sulfonamides is 1. The molecule has 0 radical (unpaired) electrons. The lowest BCUT2D eigenvalue weighted by Gasteiger charge is -2.26. The van der Waals surface area contributed by atoms with Crippen molar-refractivity contribution in [2.45, 2.75) is 69.6 Å². The van der Waals surface area contributed by atoms with E-state index >= 15 is 0 Å². The van der Waals surface area contributed by atoms with Gasteiger partial charge in [0.2, 0.25) is 10.0 Å². The minimum Gasteiger partial charge on any atom is -0.497 e.